The van der Waals surface area contributed by atoms with Crippen LogP contribution in [0.15, 0.2) is 0 Å². The zero-order valence-corrected chi connectivity index (χ0v) is 8.77. The first kappa shape index (κ1) is 10.9. The van der Waals surface area contributed by atoms with Crippen LogP contribution in [-0.2, 0) is 9.59 Å². The summed E-state index contributed by atoms with van der Waals surface area (Å²) in [5.74, 6) is 0. The molecule has 0 aliphatic carbocycles. The fourth-order valence-corrected chi connectivity index (χ4v) is 2.45. The van der Waals surface area contributed by atoms with Crippen LogP contribution in [0.4, 0.5) is 0 Å². The molecule has 0 aromatic rings. The summed E-state index contributed by atoms with van der Waals surface area (Å²) < 4.78 is 0.303. The first-order valence-electron chi connectivity index (χ1n) is 3.94. The molecule has 0 saturated heterocycles. The molecule has 64 valence electrons. The monoisotopic (exact) mass is 222 g/mol. The molecule has 0 saturated carbocycles. The van der Waals surface area contributed by atoms with Crippen molar-refractivity contribution in [3.63, 3.8) is 0 Å². The first-order chi connectivity index (χ1) is 5.20. The molecule has 0 aromatic carbocycles. The van der Waals surface area contributed by atoms with E-state index in [-0.39, 0.29) is 24.3 Å². The molecule has 2 nitrogen and oxygen atoms in total. The molecule has 0 aliphatic heterocycles. The first-order valence-corrected chi connectivity index (χ1v) is 5.65. The molecular weight excluding hydrogens is 207 g/mol. The summed E-state index contributed by atoms with van der Waals surface area (Å²) in [7, 11) is 0. The van der Waals surface area contributed by atoms with Crippen molar-refractivity contribution in [3.05, 3.63) is 0 Å². The van der Waals surface area contributed by atoms with E-state index in [1.807, 2.05) is 13.8 Å². The van der Waals surface area contributed by atoms with Gasteiger partial charge < -0.3 is 0 Å². The summed E-state index contributed by atoms with van der Waals surface area (Å²) >= 11 is -0.383. The Balaban J connectivity index is 3.49. The Kier molecular flexibility index (Phi) is 6.48. The van der Waals surface area contributed by atoms with Crippen LogP contribution in [0.25, 0.3) is 0 Å². The summed E-state index contributed by atoms with van der Waals surface area (Å²) in [6.07, 6.45) is 2.88. The van der Waals surface area contributed by atoms with Crippen molar-refractivity contribution in [2.45, 2.75) is 39.5 Å². The second kappa shape index (κ2) is 6.56. The van der Waals surface area contributed by atoms with E-state index in [4.69, 9.17) is 0 Å². The van der Waals surface area contributed by atoms with Gasteiger partial charge in [0.1, 0.15) is 0 Å². The SMILES string of the molecule is CCCC(=O)[Se]C(=O)CCC. The van der Waals surface area contributed by atoms with Gasteiger partial charge in [0.2, 0.25) is 0 Å². The van der Waals surface area contributed by atoms with Crippen LogP contribution in [0.2, 0.25) is 0 Å². The van der Waals surface area contributed by atoms with Gasteiger partial charge in [0.15, 0.2) is 0 Å². The zero-order valence-electron chi connectivity index (χ0n) is 7.05. The number of carbonyl (C=O) groups is 2. The third kappa shape index (κ3) is 6.27. The predicted molar refractivity (Wildman–Crippen MR) is 45.6 cm³/mol. The molecule has 0 heterocycles. The van der Waals surface area contributed by atoms with E-state index in [2.05, 4.69) is 0 Å². The zero-order chi connectivity index (χ0) is 8.69. The second-order valence-corrected chi connectivity index (χ2v) is 4.69. The third-order valence-electron chi connectivity index (χ3n) is 1.14. The van der Waals surface area contributed by atoms with Crippen LogP contribution in [0.3, 0.4) is 0 Å². The maximum atomic E-state index is 10.9. The van der Waals surface area contributed by atoms with Gasteiger partial charge >= 0.3 is 73.4 Å². The van der Waals surface area contributed by atoms with Crippen LogP contribution >= 0.6 is 0 Å². The summed E-state index contributed by atoms with van der Waals surface area (Å²) in [5.41, 5.74) is 0. The van der Waals surface area contributed by atoms with Gasteiger partial charge in [-0.3, -0.25) is 0 Å². The van der Waals surface area contributed by atoms with E-state index in [1.165, 1.54) is 0 Å². The molecule has 11 heavy (non-hydrogen) atoms. The third-order valence-corrected chi connectivity index (χ3v) is 2.95. The average molecular weight is 221 g/mol. The summed E-state index contributed by atoms with van der Waals surface area (Å²) in [6, 6.07) is 0. The number of carbonyl (C=O) groups excluding carboxylic acids is 2. The maximum absolute atomic E-state index is 10.9. The van der Waals surface area contributed by atoms with E-state index >= 15 is 0 Å². The molecule has 0 N–H and O–H groups in total. The molecule has 0 spiro atoms. The van der Waals surface area contributed by atoms with Crippen LogP contribution in [0.1, 0.15) is 39.5 Å². The van der Waals surface area contributed by atoms with Gasteiger partial charge in [0.25, 0.3) is 0 Å². The van der Waals surface area contributed by atoms with Gasteiger partial charge in [-0.05, 0) is 0 Å². The summed E-state index contributed by atoms with van der Waals surface area (Å²) in [4.78, 5) is 21.9. The second-order valence-electron chi connectivity index (χ2n) is 2.35. The molecule has 0 unspecified atom stereocenters. The van der Waals surface area contributed by atoms with Crippen LogP contribution in [-0.4, -0.2) is 24.3 Å². The van der Waals surface area contributed by atoms with Crippen molar-refractivity contribution >= 4 is 24.3 Å². The summed E-state index contributed by atoms with van der Waals surface area (Å²) in [6.45, 7) is 3.91. The Hall–Kier alpha value is -0.141. The Bertz CT molecular complexity index is 127. The Labute approximate surface area is 73.9 Å². The molecule has 0 radical (unpaired) electrons. The minimum atomic E-state index is -0.383. The Morgan fingerprint density at radius 2 is 1.36 bits per heavy atom. The molecule has 0 aliphatic rings. The van der Waals surface area contributed by atoms with Gasteiger partial charge in [0.05, 0.1) is 0 Å². The van der Waals surface area contributed by atoms with Gasteiger partial charge in [0, 0.05) is 0 Å². The van der Waals surface area contributed by atoms with Crippen molar-refractivity contribution in [2.75, 3.05) is 0 Å². The molecule has 0 atom stereocenters. The predicted octanol–water partition coefficient (Wildman–Crippen LogP) is 1.34. The minimum absolute atomic E-state index is 0.151. The molecule has 3 heteroatoms. The van der Waals surface area contributed by atoms with E-state index < -0.39 is 0 Å². The van der Waals surface area contributed by atoms with Gasteiger partial charge in [-0.2, -0.15) is 0 Å². The van der Waals surface area contributed by atoms with Crippen LogP contribution < -0.4 is 0 Å². The van der Waals surface area contributed by atoms with Gasteiger partial charge in [-0.15, -0.1) is 0 Å². The van der Waals surface area contributed by atoms with Crippen LogP contribution in [0, 0.1) is 0 Å². The molecule has 0 rings (SSSR count). The van der Waals surface area contributed by atoms with E-state index in [0.717, 1.165) is 12.8 Å². The molecule has 0 aromatic heterocycles. The van der Waals surface area contributed by atoms with Crippen molar-refractivity contribution in [1.29, 1.82) is 0 Å². The van der Waals surface area contributed by atoms with Crippen molar-refractivity contribution in [3.8, 4) is 0 Å². The van der Waals surface area contributed by atoms with Crippen molar-refractivity contribution in [2.24, 2.45) is 0 Å². The molecular formula is C8H14O2Se. The van der Waals surface area contributed by atoms with Crippen LogP contribution in [0.5, 0.6) is 0 Å². The Morgan fingerprint density at radius 1 is 1.00 bits per heavy atom. The standard InChI is InChI=1S/C8H14O2Se/c1-3-5-7(9)11-8(10)6-4-2/h3-6H2,1-2H3. The topological polar surface area (TPSA) is 34.1 Å². The van der Waals surface area contributed by atoms with Crippen molar-refractivity contribution < 1.29 is 9.59 Å². The summed E-state index contributed by atoms with van der Waals surface area (Å²) in [5, 5.41) is 0. The average Bonchev–Trinajstić information content (AvgIpc) is 1.87. The number of hydrogen-bond acceptors (Lipinski definition) is 2. The number of rotatable bonds is 6. The normalized spacial score (nSPS) is 9.64. The molecule has 0 bridgehead atoms. The van der Waals surface area contributed by atoms with E-state index in [9.17, 15) is 9.59 Å². The number of hydrogen-bond donors (Lipinski definition) is 0. The fourth-order valence-electron chi connectivity index (χ4n) is 0.637. The van der Waals surface area contributed by atoms with Gasteiger partial charge in [-0.25, -0.2) is 0 Å². The molecule has 0 amide bonds. The van der Waals surface area contributed by atoms with E-state index in [0.29, 0.717) is 12.8 Å². The van der Waals surface area contributed by atoms with Gasteiger partial charge in [-0.1, -0.05) is 0 Å². The fraction of sp³-hybridized carbons (Fsp3) is 0.750. The Morgan fingerprint density at radius 3 is 1.64 bits per heavy atom. The van der Waals surface area contributed by atoms with E-state index in [1.54, 1.807) is 0 Å². The van der Waals surface area contributed by atoms with Crippen molar-refractivity contribution in [1.82, 2.24) is 0 Å². The molecule has 0 fully saturated rings. The quantitative estimate of drug-likeness (QED) is 0.634.